The Hall–Kier alpha value is -1.53. The van der Waals surface area contributed by atoms with Gasteiger partial charge in [-0.2, -0.15) is 13.2 Å². The number of carboxylic acid groups (broad SMARTS) is 1. The Morgan fingerprint density at radius 2 is 1.90 bits per heavy atom. The zero-order chi connectivity index (χ0) is 15.8. The molecular weight excluding hydrogens is 287 g/mol. The van der Waals surface area contributed by atoms with E-state index in [0.29, 0.717) is 12.8 Å². The zero-order valence-electron chi connectivity index (χ0n) is 11.7. The minimum Gasteiger partial charge on any atom is -0.481 e. The Balaban J connectivity index is 2.05. The molecule has 0 aromatic carbocycles. The third-order valence-electron chi connectivity index (χ3n) is 4.32. The number of aliphatic carboxylic acids is 1. The Bertz CT molecular complexity index is 473. The number of carbonyl (C=O) groups excluding carboxylic acids is 1. The maximum Gasteiger partial charge on any atom is 0.412 e. The lowest BCUT2D eigenvalue weighted by molar-refractivity contribution is -0.149. The van der Waals surface area contributed by atoms with E-state index in [1.54, 1.807) is 0 Å². The molecule has 1 amide bonds. The van der Waals surface area contributed by atoms with E-state index in [1.807, 2.05) is 6.92 Å². The number of alkyl halides is 3. The molecule has 0 aromatic heterocycles. The van der Waals surface area contributed by atoms with Gasteiger partial charge in [0, 0.05) is 18.7 Å². The maximum atomic E-state index is 12.5. The predicted octanol–water partition coefficient (Wildman–Crippen LogP) is 2.45. The first-order valence-electron chi connectivity index (χ1n) is 6.98. The van der Waals surface area contributed by atoms with Crippen molar-refractivity contribution in [2.24, 2.45) is 17.8 Å². The van der Waals surface area contributed by atoms with Crippen LogP contribution in [0.2, 0.25) is 0 Å². The van der Waals surface area contributed by atoms with Crippen LogP contribution in [0.1, 0.15) is 26.2 Å². The maximum absolute atomic E-state index is 12.5. The summed E-state index contributed by atoms with van der Waals surface area (Å²) in [6.07, 6.45) is -2.61. The van der Waals surface area contributed by atoms with E-state index < -0.39 is 29.6 Å². The Kier molecular flexibility index (Phi) is 4.30. The minimum atomic E-state index is -4.35. The Morgan fingerprint density at radius 1 is 1.29 bits per heavy atom. The molecule has 0 radical (unpaired) electrons. The second-order valence-electron chi connectivity index (χ2n) is 5.89. The van der Waals surface area contributed by atoms with E-state index in [1.165, 1.54) is 4.90 Å². The first kappa shape index (κ1) is 15.9. The predicted molar refractivity (Wildman–Crippen MR) is 68.3 cm³/mol. The molecule has 1 N–H and O–H groups in total. The van der Waals surface area contributed by atoms with Gasteiger partial charge in [0.1, 0.15) is 0 Å². The van der Waals surface area contributed by atoms with Crippen molar-refractivity contribution in [1.82, 2.24) is 4.90 Å². The summed E-state index contributed by atoms with van der Waals surface area (Å²) in [6, 6.07) is 0. The smallest absolute Gasteiger partial charge is 0.412 e. The Morgan fingerprint density at radius 3 is 2.38 bits per heavy atom. The zero-order valence-corrected chi connectivity index (χ0v) is 11.7. The number of rotatable bonds is 2. The van der Waals surface area contributed by atoms with Gasteiger partial charge in [0.15, 0.2) is 0 Å². The van der Waals surface area contributed by atoms with Gasteiger partial charge in [-0.05, 0) is 25.2 Å². The van der Waals surface area contributed by atoms with Gasteiger partial charge in [0.2, 0.25) is 5.91 Å². The Labute approximate surface area is 120 Å². The number of halogens is 3. The molecule has 1 aliphatic heterocycles. The number of nitrogens with zero attached hydrogens (tertiary/aromatic N) is 1. The lowest BCUT2D eigenvalue weighted by Gasteiger charge is -2.30. The van der Waals surface area contributed by atoms with Gasteiger partial charge in [-0.25, -0.2) is 0 Å². The van der Waals surface area contributed by atoms with Crippen molar-refractivity contribution in [3.8, 4) is 0 Å². The van der Waals surface area contributed by atoms with Crippen LogP contribution >= 0.6 is 0 Å². The fourth-order valence-electron chi connectivity index (χ4n) is 3.20. The monoisotopic (exact) mass is 305 g/mol. The van der Waals surface area contributed by atoms with E-state index in [0.717, 1.165) is 6.08 Å². The van der Waals surface area contributed by atoms with Crippen molar-refractivity contribution in [2.75, 3.05) is 13.1 Å². The second kappa shape index (κ2) is 5.69. The normalized spacial score (nSPS) is 30.2. The van der Waals surface area contributed by atoms with Crippen molar-refractivity contribution in [3.63, 3.8) is 0 Å². The number of amides is 1. The van der Waals surface area contributed by atoms with Crippen LogP contribution in [0.15, 0.2) is 11.6 Å². The van der Waals surface area contributed by atoms with Crippen LogP contribution < -0.4 is 0 Å². The van der Waals surface area contributed by atoms with Gasteiger partial charge >= 0.3 is 12.1 Å². The van der Waals surface area contributed by atoms with Gasteiger partial charge in [-0.3, -0.25) is 9.59 Å². The highest BCUT2D eigenvalue weighted by atomic mass is 19.4. The van der Waals surface area contributed by atoms with Crippen LogP contribution in [0.25, 0.3) is 0 Å². The topological polar surface area (TPSA) is 57.6 Å². The molecule has 1 aliphatic carbocycles. The summed E-state index contributed by atoms with van der Waals surface area (Å²) in [6.45, 7) is 1.80. The van der Waals surface area contributed by atoms with Crippen molar-refractivity contribution in [3.05, 3.63) is 11.6 Å². The van der Waals surface area contributed by atoms with Crippen LogP contribution in [0.4, 0.5) is 13.2 Å². The molecule has 7 heteroatoms. The third kappa shape index (κ3) is 3.39. The van der Waals surface area contributed by atoms with Crippen LogP contribution in [-0.4, -0.2) is 41.1 Å². The van der Waals surface area contributed by atoms with E-state index in [2.05, 4.69) is 0 Å². The summed E-state index contributed by atoms with van der Waals surface area (Å²) >= 11 is 0. The molecule has 2 aliphatic rings. The summed E-state index contributed by atoms with van der Waals surface area (Å²) in [5.41, 5.74) is -0.610. The van der Waals surface area contributed by atoms with Crippen molar-refractivity contribution in [2.45, 2.75) is 32.4 Å². The molecule has 1 unspecified atom stereocenters. The molecule has 118 valence electrons. The number of hydrogen-bond acceptors (Lipinski definition) is 2. The number of hydrogen-bond donors (Lipinski definition) is 1. The molecule has 1 heterocycles. The second-order valence-corrected chi connectivity index (χ2v) is 5.89. The molecule has 0 saturated heterocycles. The van der Waals surface area contributed by atoms with E-state index in [9.17, 15) is 22.8 Å². The van der Waals surface area contributed by atoms with Gasteiger partial charge in [0.25, 0.3) is 0 Å². The van der Waals surface area contributed by atoms with Crippen LogP contribution in [0.5, 0.6) is 0 Å². The van der Waals surface area contributed by atoms with E-state index >= 15 is 0 Å². The van der Waals surface area contributed by atoms with Gasteiger partial charge in [-0.1, -0.05) is 13.0 Å². The molecule has 3 atom stereocenters. The lowest BCUT2D eigenvalue weighted by Crippen LogP contribution is -2.42. The van der Waals surface area contributed by atoms with Crippen LogP contribution in [0, 0.1) is 17.8 Å². The van der Waals surface area contributed by atoms with E-state index in [4.69, 9.17) is 5.11 Å². The largest absolute Gasteiger partial charge is 0.481 e. The molecule has 1 saturated carbocycles. The van der Waals surface area contributed by atoms with Crippen molar-refractivity contribution >= 4 is 11.9 Å². The van der Waals surface area contributed by atoms with E-state index in [-0.39, 0.29) is 31.3 Å². The molecule has 21 heavy (non-hydrogen) atoms. The quantitative estimate of drug-likeness (QED) is 0.797. The standard InChI is InChI=1S/C14H18F3NO3/c1-8-6-10(11(7-8)13(20)21)12(19)18-4-2-9(3-5-18)14(15,16)17/h2,8,10-11H,3-7H2,1H3,(H,20,21)/t8?,10-,11+/m0/s1. The summed E-state index contributed by atoms with van der Waals surface area (Å²) in [4.78, 5) is 24.9. The first-order valence-corrected chi connectivity index (χ1v) is 6.98. The molecule has 0 spiro atoms. The summed E-state index contributed by atoms with van der Waals surface area (Å²) in [7, 11) is 0. The first-order chi connectivity index (χ1) is 9.70. The summed E-state index contributed by atoms with van der Waals surface area (Å²) in [5, 5.41) is 9.17. The number of carboxylic acids is 1. The van der Waals surface area contributed by atoms with Crippen molar-refractivity contribution < 1.29 is 27.9 Å². The lowest BCUT2D eigenvalue weighted by atomic mass is 9.94. The van der Waals surface area contributed by atoms with Gasteiger partial charge in [-0.15, -0.1) is 0 Å². The molecule has 0 aromatic rings. The fourth-order valence-corrected chi connectivity index (χ4v) is 3.20. The summed E-state index contributed by atoms with van der Waals surface area (Å²) < 4.78 is 37.6. The molecule has 4 nitrogen and oxygen atoms in total. The highest BCUT2D eigenvalue weighted by Crippen LogP contribution is 2.38. The van der Waals surface area contributed by atoms with Crippen LogP contribution in [0.3, 0.4) is 0 Å². The summed E-state index contributed by atoms with van der Waals surface area (Å²) in [5.74, 6) is -2.52. The third-order valence-corrected chi connectivity index (χ3v) is 4.32. The average Bonchev–Trinajstić information content (AvgIpc) is 2.79. The minimum absolute atomic E-state index is 0.00139. The van der Waals surface area contributed by atoms with Gasteiger partial charge in [0.05, 0.1) is 11.8 Å². The average molecular weight is 305 g/mol. The molecule has 1 fully saturated rings. The fraction of sp³-hybridized carbons (Fsp3) is 0.714. The van der Waals surface area contributed by atoms with Crippen LogP contribution in [-0.2, 0) is 9.59 Å². The number of carbonyl (C=O) groups is 2. The molecule has 2 rings (SSSR count). The molecule has 0 bridgehead atoms. The SMILES string of the molecule is CC1C[C@H](C(=O)N2CC=C(C(F)(F)F)CC2)[C@H](C(=O)O)C1. The van der Waals surface area contributed by atoms with Gasteiger partial charge < -0.3 is 10.0 Å². The van der Waals surface area contributed by atoms with Crippen molar-refractivity contribution in [1.29, 1.82) is 0 Å². The highest BCUT2D eigenvalue weighted by Gasteiger charge is 2.43. The molecular formula is C14H18F3NO3. The highest BCUT2D eigenvalue weighted by molar-refractivity contribution is 5.85.